The van der Waals surface area contributed by atoms with Crippen LogP contribution in [-0.2, 0) is 4.74 Å². The lowest BCUT2D eigenvalue weighted by Crippen LogP contribution is -2.13. The summed E-state index contributed by atoms with van der Waals surface area (Å²) in [7, 11) is 3.14. The van der Waals surface area contributed by atoms with Crippen LogP contribution in [0.4, 0.5) is 11.5 Å². The molecule has 2 aromatic heterocycles. The maximum absolute atomic E-state index is 13.6. The van der Waals surface area contributed by atoms with E-state index in [1.165, 1.54) is 0 Å². The van der Waals surface area contributed by atoms with E-state index in [2.05, 4.69) is 5.32 Å². The molecule has 0 fully saturated rings. The number of benzene rings is 3. The minimum absolute atomic E-state index is 0.140. The molecular formula is C29H25N3O6. The van der Waals surface area contributed by atoms with Crippen molar-refractivity contribution in [1.82, 2.24) is 9.55 Å². The highest BCUT2D eigenvalue weighted by molar-refractivity contribution is 6.10. The standard InChI is InChI=1S/C29H25N3O6/c1-4-36-29(33)28-27(31-26-12-9-17-7-5-6-8-20(17)30-26)19-14-23(34-2)24(35-3)15-21(19)32(28)18-10-11-22-25(13-18)38-16-37-22/h5-15H,4,16H2,1-3H3,(H,30,31). The Labute approximate surface area is 218 Å². The van der Waals surface area contributed by atoms with Crippen LogP contribution in [0.2, 0.25) is 0 Å². The zero-order chi connectivity index (χ0) is 26.2. The second kappa shape index (κ2) is 9.51. The number of rotatable bonds is 7. The summed E-state index contributed by atoms with van der Waals surface area (Å²) in [6.45, 7) is 2.12. The maximum atomic E-state index is 13.6. The molecule has 192 valence electrons. The number of hydrogen-bond donors (Lipinski definition) is 1. The third-order valence-electron chi connectivity index (χ3n) is 6.41. The topological polar surface area (TPSA) is 93.1 Å². The third kappa shape index (κ3) is 3.88. The quantitative estimate of drug-likeness (QED) is 0.272. The summed E-state index contributed by atoms with van der Waals surface area (Å²) in [6.07, 6.45) is 0. The van der Waals surface area contributed by atoms with Crippen molar-refractivity contribution in [1.29, 1.82) is 0 Å². The predicted octanol–water partition coefficient (Wildman–Crippen LogP) is 5.84. The number of hydrogen-bond acceptors (Lipinski definition) is 8. The zero-order valence-corrected chi connectivity index (χ0v) is 21.1. The monoisotopic (exact) mass is 511 g/mol. The van der Waals surface area contributed by atoms with Crippen molar-refractivity contribution in [3.63, 3.8) is 0 Å². The van der Waals surface area contributed by atoms with Gasteiger partial charge in [-0.15, -0.1) is 0 Å². The highest BCUT2D eigenvalue weighted by Gasteiger charge is 2.28. The van der Waals surface area contributed by atoms with Gasteiger partial charge in [0, 0.05) is 22.9 Å². The lowest BCUT2D eigenvalue weighted by molar-refractivity contribution is 0.0518. The van der Waals surface area contributed by atoms with Gasteiger partial charge in [0.2, 0.25) is 6.79 Å². The van der Waals surface area contributed by atoms with Crippen LogP contribution >= 0.6 is 0 Å². The summed E-state index contributed by atoms with van der Waals surface area (Å²) in [5.74, 6) is 2.35. The first kappa shape index (κ1) is 23.5. The molecule has 1 aliphatic heterocycles. The molecule has 1 N–H and O–H groups in total. The molecule has 9 nitrogen and oxygen atoms in total. The smallest absolute Gasteiger partial charge is 0.357 e. The molecule has 6 rings (SSSR count). The van der Waals surface area contributed by atoms with Gasteiger partial charge in [0.25, 0.3) is 0 Å². The van der Waals surface area contributed by atoms with Gasteiger partial charge >= 0.3 is 5.97 Å². The molecule has 0 bridgehead atoms. The third-order valence-corrected chi connectivity index (χ3v) is 6.41. The van der Waals surface area contributed by atoms with E-state index in [1.54, 1.807) is 21.1 Å². The van der Waals surface area contributed by atoms with Crippen molar-refractivity contribution in [2.45, 2.75) is 6.92 Å². The zero-order valence-electron chi connectivity index (χ0n) is 21.1. The Bertz CT molecular complexity index is 1690. The van der Waals surface area contributed by atoms with Crippen LogP contribution in [0.25, 0.3) is 27.5 Å². The van der Waals surface area contributed by atoms with Crippen LogP contribution in [0, 0.1) is 0 Å². The minimum Gasteiger partial charge on any atom is -0.493 e. The fraction of sp³-hybridized carbons (Fsp3) is 0.172. The van der Waals surface area contributed by atoms with Crippen LogP contribution in [0.1, 0.15) is 17.4 Å². The Morgan fingerprint density at radius 1 is 0.974 bits per heavy atom. The van der Waals surface area contributed by atoms with Gasteiger partial charge in [-0.25, -0.2) is 9.78 Å². The van der Waals surface area contributed by atoms with Gasteiger partial charge in [-0.3, -0.25) is 0 Å². The second-order valence-electron chi connectivity index (χ2n) is 8.56. The molecule has 0 radical (unpaired) electrons. The largest absolute Gasteiger partial charge is 0.493 e. The first-order valence-electron chi connectivity index (χ1n) is 12.1. The molecule has 0 atom stereocenters. The van der Waals surface area contributed by atoms with Gasteiger partial charge in [-0.05, 0) is 43.3 Å². The van der Waals surface area contributed by atoms with Crippen molar-refractivity contribution in [3.8, 4) is 28.7 Å². The number of pyridine rings is 1. The number of para-hydroxylation sites is 1. The molecule has 0 saturated carbocycles. The van der Waals surface area contributed by atoms with E-state index in [4.69, 9.17) is 28.7 Å². The average molecular weight is 512 g/mol. The van der Waals surface area contributed by atoms with Crippen LogP contribution in [-0.4, -0.2) is 43.1 Å². The van der Waals surface area contributed by atoms with Crippen molar-refractivity contribution in [2.75, 3.05) is 32.9 Å². The van der Waals surface area contributed by atoms with Gasteiger partial charge in [-0.1, -0.05) is 18.2 Å². The average Bonchev–Trinajstić information content (AvgIpc) is 3.54. The van der Waals surface area contributed by atoms with Crippen molar-refractivity contribution < 1.29 is 28.5 Å². The Morgan fingerprint density at radius 3 is 2.58 bits per heavy atom. The number of carbonyl (C=O) groups excluding carboxylic acids is 1. The first-order chi connectivity index (χ1) is 18.6. The summed E-state index contributed by atoms with van der Waals surface area (Å²) < 4.78 is 29.7. The molecule has 0 aliphatic carbocycles. The molecule has 38 heavy (non-hydrogen) atoms. The van der Waals surface area contributed by atoms with Crippen molar-refractivity contribution >= 4 is 39.3 Å². The summed E-state index contributed by atoms with van der Waals surface area (Å²) in [5.41, 5.74) is 3.04. The van der Waals surface area contributed by atoms with Crippen LogP contribution in [0.3, 0.4) is 0 Å². The Balaban J connectivity index is 1.63. The Hall–Kier alpha value is -4.92. The highest BCUT2D eigenvalue weighted by Crippen LogP contribution is 2.43. The SMILES string of the molecule is CCOC(=O)c1c(Nc2ccc3ccccc3n2)c2cc(OC)c(OC)cc2n1-c1ccc2c(c1)OCO2. The molecule has 3 aromatic carbocycles. The van der Waals surface area contributed by atoms with Gasteiger partial charge in [0.05, 0.1) is 43.2 Å². The fourth-order valence-electron chi connectivity index (χ4n) is 4.69. The summed E-state index contributed by atoms with van der Waals surface area (Å²) in [6, 6.07) is 20.9. The number of carbonyl (C=O) groups is 1. The van der Waals surface area contributed by atoms with Gasteiger partial charge < -0.3 is 33.6 Å². The number of fused-ring (bicyclic) bond motifs is 3. The summed E-state index contributed by atoms with van der Waals surface area (Å²) in [5, 5.41) is 5.13. The number of nitrogens with zero attached hydrogens (tertiary/aromatic N) is 2. The predicted molar refractivity (Wildman–Crippen MR) is 143 cm³/mol. The maximum Gasteiger partial charge on any atom is 0.357 e. The van der Waals surface area contributed by atoms with E-state index in [9.17, 15) is 4.79 Å². The van der Waals surface area contributed by atoms with E-state index < -0.39 is 5.97 Å². The van der Waals surface area contributed by atoms with Gasteiger partial charge in [0.1, 0.15) is 5.82 Å². The number of anilines is 2. The molecule has 9 heteroatoms. The summed E-state index contributed by atoms with van der Waals surface area (Å²) in [4.78, 5) is 18.3. The number of esters is 1. The van der Waals surface area contributed by atoms with E-state index in [-0.39, 0.29) is 13.4 Å². The van der Waals surface area contributed by atoms with Crippen LogP contribution in [0.15, 0.2) is 66.7 Å². The highest BCUT2D eigenvalue weighted by atomic mass is 16.7. The normalized spacial score (nSPS) is 12.1. The fourth-order valence-corrected chi connectivity index (χ4v) is 4.69. The molecule has 0 saturated heterocycles. The molecule has 3 heterocycles. The molecule has 0 unspecified atom stereocenters. The molecule has 0 amide bonds. The summed E-state index contributed by atoms with van der Waals surface area (Å²) >= 11 is 0. The first-order valence-corrected chi connectivity index (χ1v) is 12.1. The second-order valence-corrected chi connectivity index (χ2v) is 8.56. The Kier molecular flexibility index (Phi) is 5.88. The van der Waals surface area contributed by atoms with Gasteiger partial charge in [-0.2, -0.15) is 0 Å². The molecule has 5 aromatic rings. The molecule has 1 aliphatic rings. The van der Waals surface area contributed by atoms with Crippen LogP contribution < -0.4 is 24.3 Å². The van der Waals surface area contributed by atoms with Crippen molar-refractivity contribution in [3.05, 3.63) is 72.4 Å². The minimum atomic E-state index is -0.498. The van der Waals surface area contributed by atoms with E-state index in [0.29, 0.717) is 51.4 Å². The number of ether oxygens (including phenoxy) is 5. The Morgan fingerprint density at radius 2 is 1.76 bits per heavy atom. The van der Waals surface area contributed by atoms with E-state index in [1.807, 2.05) is 71.3 Å². The van der Waals surface area contributed by atoms with Gasteiger partial charge in [0.15, 0.2) is 28.7 Å². The van der Waals surface area contributed by atoms with Crippen LogP contribution in [0.5, 0.6) is 23.0 Å². The lowest BCUT2D eigenvalue weighted by Gasteiger charge is -2.13. The lowest BCUT2D eigenvalue weighted by atomic mass is 10.2. The molecular weight excluding hydrogens is 486 g/mol. The number of nitrogens with one attached hydrogen (secondary N) is 1. The number of methoxy groups -OCH3 is 2. The van der Waals surface area contributed by atoms with E-state index >= 15 is 0 Å². The van der Waals surface area contributed by atoms with Crippen molar-refractivity contribution in [2.24, 2.45) is 0 Å². The number of aromatic nitrogens is 2. The molecule has 0 spiro atoms. The van der Waals surface area contributed by atoms with E-state index in [0.717, 1.165) is 16.3 Å².